The summed E-state index contributed by atoms with van der Waals surface area (Å²) in [7, 11) is 0. The molecule has 20 heavy (non-hydrogen) atoms. The first kappa shape index (κ1) is 13.1. The van der Waals surface area contributed by atoms with Gasteiger partial charge in [0.15, 0.2) is 0 Å². The van der Waals surface area contributed by atoms with E-state index in [1.165, 1.54) is 4.70 Å². The van der Waals surface area contributed by atoms with E-state index in [2.05, 4.69) is 5.32 Å². The summed E-state index contributed by atoms with van der Waals surface area (Å²) in [5, 5.41) is 15.1. The molecule has 1 aliphatic rings. The Balaban J connectivity index is 1.76. The lowest BCUT2D eigenvalue weighted by molar-refractivity contribution is -0.145. The Kier molecular flexibility index (Phi) is 3.44. The third kappa shape index (κ3) is 2.41. The molecule has 0 radical (unpaired) electrons. The Morgan fingerprint density at radius 3 is 2.80 bits per heavy atom. The highest BCUT2D eigenvalue weighted by Crippen LogP contribution is 2.33. The summed E-state index contributed by atoms with van der Waals surface area (Å²) < 4.78 is 1.17. The normalized spacial score (nSPS) is 22.0. The topological polar surface area (TPSA) is 66.4 Å². The monoisotopic (exact) mass is 289 g/mol. The number of aliphatic carboxylic acids is 1. The van der Waals surface area contributed by atoms with Crippen LogP contribution in [0, 0.1) is 11.8 Å². The smallest absolute Gasteiger partial charge is 0.307 e. The fourth-order valence-electron chi connectivity index (χ4n) is 2.85. The number of carbonyl (C=O) groups excluding carboxylic acids is 1. The van der Waals surface area contributed by atoms with Gasteiger partial charge >= 0.3 is 5.97 Å². The number of benzene rings is 1. The van der Waals surface area contributed by atoms with Gasteiger partial charge in [0, 0.05) is 10.4 Å². The van der Waals surface area contributed by atoms with Crippen molar-refractivity contribution in [3.63, 3.8) is 0 Å². The van der Waals surface area contributed by atoms with Crippen molar-refractivity contribution in [2.24, 2.45) is 11.8 Å². The zero-order valence-electron chi connectivity index (χ0n) is 10.8. The van der Waals surface area contributed by atoms with Gasteiger partial charge in [0.1, 0.15) is 0 Å². The first-order valence-electron chi connectivity index (χ1n) is 6.66. The fraction of sp³-hybridized carbons (Fsp3) is 0.333. The molecule has 1 heterocycles. The van der Waals surface area contributed by atoms with E-state index in [1.54, 1.807) is 11.3 Å². The van der Waals surface area contributed by atoms with E-state index < -0.39 is 17.8 Å². The number of anilines is 1. The molecule has 1 aliphatic carbocycles. The maximum absolute atomic E-state index is 12.2. The molecule has 4 nitrogen and oxygen atoms in total. The van der Waals surface area contributed by atoms with E-state index in [-0.39, 0.29) is 5.91 Å². The van der Waals surface area contributed by atoms with Crippen molar-refractivity contribution in [1.29, 1.82) is 0 Å². The number of hydrogen-bond acceptors (Lipinski definition) is 3. The molecule has 104 valence electrons. The average Bonchev–Trinajstić information content (AvgIpc) is 3.06. The lowest BCUT2D eigenvalue weighted by Crippen LogP contribution is -2.29. The van der Waals surface area contributed by atoms with Crippen LogP contribution >= 0.6 is 11.3 Å². The minimum atomic E-state index is -0.865. The average molecular weight is 289 g/mol. The van der Waals surface area contributed by atoms with Gasteiger partial charge in [-0.05, 0) is 47.9 Å². The van der Waals surface area contributed by atoms with Gasteiger partial charge in [-0.3, -0.25) is 9.59 Å². The second kappa shape index (κ2) is 5.25. The maximum atomic E-state index is 12.2. The van der Waals surface area contributed by atoms with Crippen LogP contribution in [0.25, 0.3) is 10.1 Å². The number of carboxylic acid groups (broad SMARTS) is 1. The number of thiophene rings is 1. The van der Waals surface area contributed by atoms with Gasteiger partial charge in [-0.15, -0.1) is 11.3 Å². The Labute approximate surface area is 120 Å². The third-order valence-corrected chi connectivity index (χ3v) is 4.79. The molecule has 5 heteroatoms. The molecule has 0 aliphatic heterocycles. The van der Waals surface area contributed by atoms with Gasteiger partial charge in [-0.25, -0.2) is 0 Å². The summed E-state index contributed by atoms with van der Waals surface area (Å²) >= 11 is 1.65. The van der Waals surface area contributed by atoms with E-state index in [1.807, 2.05) is 29.6 Å². The number of carbonyl (C=O) groups is 2. The first-order chi connectivity index (χ1) is 9.65. The Bertz CT molecular complexity index is 664. The zero-order chi connectivity index (χ0) is 14.1. The second-order valence-corrected chi connectivity index (χ2v) is 6.09. The summed E-state index contributed by atoms with van der Waals surface area (Å²) in [6.45, 7) is 0. The molecule has 1 amide bonds. The minimum absolute atomic E-state index is 0.176. The summed E-state index contributed by atoms with van der Waals surface area (Å²) in [5.41, 5.74) is 0.733. The SMILES string of the molecule is O=C(O)[C@H]1CCC[C@H]1C(=O)Nc1ccc2sccc2c1. The number of rotatable bonds is 3. The van der Waals surface area contributed by atoms with Crippen molar-refractivity contribution in [2.45, 2.75) is 19.3 Å². The van der Waals surface area contributed by atoms with Gasteiger partial charge in [-0.2, -0.15) is 0 Å². The number of amides is 1. The van der Waals surface area contributed by atoms with Crippen LogP contribution in [0.1, 0.15) is 19.3 Å². The highest BCUT2D eigenvalue weighted by molar-refractivity contribution is 7.17. The van der Waals surface area contributed by atoms with Crippen LogP contribution in [0.3, 0.4) is 0 Å². The van der Waals surface area contributed by atoms with Crippen molar-refractivity contribution in [3.05, 3.63) is 29.6 Å². The van der Waals surface area contributed by atoms with Crippen LogP contribution in [0.4, 0.5) is 5.69 Å². The van der Waals surface area contributed by atoms with Crippen LogP contribution in [-0.2, 0) is 9.59 Å². The summed E-state index contributed by atoms with van der Waals surface area (Å²) in [6.07, 6.45) is 2.05. The number of nitrogens with one attached hydrogen (secondary N) is 1. The zero-order valence-corrected chi connectivity index (χ0v) is 11.7. The minimum Gasteiger partial charge on any atom is -0.481 e. The van der Waals surface area contributed by atoms with Crippen molar-refractivity contribution in [2.75, 3.05) is 5.32 Å². The predicted molar refractivity (Wildman–Crippen MR) is 78.9 cm³/mol. The standard InChI is InChI=1S/C15H15NO3S/c17-14(11-2-1-3-12(11)15(18)19)16-10-4-5-13-9(8-10)6-7-20-13/h4-8,11-12H,1-3H2,(H,16,17)(H,18,19)/t11-,12+/m1/s1. The second-order valence-electron chi connectivity index (χ2n) is 5.14. The third-order valence-electron chi connectivity index (χ3n) is 3.89. The lowest BCUT2D eigenvalue weighted by Gasteiger charge is -2.15. The molecular formula is C15H15NO3S. The summed E-state index contributed by atoms with van der Waals surface area (Å²) in [6, 6.07) is 7.76. The van der Waals surface area contributed by atoms with Crippen LogP contribution in [0.2, 0.25) is 0 Å². The van der Waals surface area contributed by atoms with Crippen molar-refractivity contribution >= 4 is 39.0 Å². The quantitative estimate of drug-likeness (QED) is 0.910. The fourth-order valence-corrected chi connectivity index (χ4v) is 3.62. The van der Waals surface area contributed by atoms with Crippen LogP contribution < -0.4 is 5.32 Å². The molecule has 1 saturated carbocycles. The van der Waals surface area contributed by atoms with Gasteiger partial charge in [0.2, 0.25) is 5.91 Å². The molecule has 1 aromatic carbocycles. The molecule has 0 bridgehead atoms. The van der Waals surface area contributed by atoms with E-state index in [9.17, 15) is 9.59 Å². The van der Waals surface area contributed by atoms with E-state index in [4.69, 9.17) is 5.11 Å². The molecule has 1 fully saturated rings. The van der Waals surface area contributed by atoms with Crippen LogP contribution in [-0.4, -0.2) is 17.0 Å². The number of hydrogen-bond donors (Lipinski definition) is 2. The predicted octanol–water partition coefficient (Wildman–Crippen LogP) is 3.34. The summed E-state index contributed by atoms with van der Waals surface area (Å²) in [5.74, 6) is -1.99. The van der Waals surface area contributed by atoms with Crippen LogP contribution in [0.5, 0.6) is 0 Å². The van der Waals surface area contributed by atoms with E-state index in [0.29, 0.717) is 12.8 Å². The van der Waals surface area contributed by atoms with Crippen molar-refractivity contribution < 1.29 is 14.7 Å². The van der Waals surface area contributed by atoms with Crippen molar-refractivity contribution in [3.8, 4) is 0 Å². The molecule has 0 saturated heterocycles. The Hall–Kier alpha value is -1.88. The Morgan fingerprint density at radius 2 is 2.00 bits per heavy atom. The molecular weight excluding hydrogens is 274 g/mol. The van der Waals surface area contributed by atoms with E-state index >= 15 is 0 Å². The molecule has 2 atom stereocenters. The van der Waals surface area contributed by atoms with Gasteiger partial charge in [0.05, 0.1) is 11.8 Å². The number of fused-ring (bicyclic) bond motifs is 1. The molecule has 1 aromatic heterocycles. The van der Waals surface area contributed by atoms with Crippen LogP contribution in [0.15, 0.2) is 29.6 Å². The number of carboxylic acids is 1. The molecule has 3 rings (SSSR count). The molecule has 2 aromatic rings. The molecule has 2 N–H and O–H groups in total. The largest absolute Gasteiger partial charge is 0.481 e. The summed E-state index contributed by atoms with van der Waals surface area (Å²) in [4.78, 5) is 23.4. The van der Waals surface area contributed by atoms with Crippen molar-refractivity contribution in [1.82, 2.24) is 0 Å². The van der Waals surface area contributed by atoms with Gasteiger partial charge in [-0.1, -0.05) is 6.42 Å². The Morgan fingerprint density at radius 1 is 1.20 bits per heavy atom. The maximum Gasteiger partial charge on any atom is 0.307 e. The first-order valence-corrected chi connectivity index (χ1v) is 7.54. The lowest BCUT2D eigenvalue weighted by atomic mass is 9.95. The molecule has 0 spiro atoms. The van der Waals surface area contributed by atoms with Gasteiger partial charge in [0.25, 0.3) is 0 Å². The van der Waals surface area contributed by atoms with E-state index in [0.717, 1.165) is 17.5 Å². The molecule has 0 unspecified atom stereocenters. The highest BCUT2D eigenvalue weighted by atomic mass is 32.1. The van der Waals surface area contributed by atoms with Gasteiger partial charge < -0.3 is 10.4 Å². The highest BCUT2D eigenvalue weighted by Gasteiger charge is 2.37.